The molecular weight excluding hydrogens is 329 g/mol. The molecule has 5 rings (SSSR count). The fraction of sp³-hybridized carbons (Fsp3) is 0. The number of hydrogen-bond donors (Lipinski definition) is 0. The van der Waals surface area contributed by atoms with Gasteiger partial charge in [-0.2, -0.15) is 0 Å². The molecule has 0 saturated heterocycles. The highest BCUT2D eigenvalue weighted by Gasteiger charge is 2.32. The first-order valence-corrected chi connectivity index (χ1v) is 8.24. The highest BCUT2D eigenvalue weighted by Crippen LogP contribution is 2.40. The minimum Gasteiger partial charge on any atom is -0.288 e. The van der Waals surface area contributed by atoms with Crippen molar-refractivity contribution in [3.8, 4) is 16.9 Å². The van der Waals surface area contributed by atoms with Crippen LogP contribution in [0.4, 0.5) is 4.39 Å². The fourth-order valence-electron chi connectivity index (χ4n) is 3.69. The normalized spacial score (nSPS) is 12.3. The van der Waals surface area contributed by atoms with Crippen LogP contribution in [0.5, 0.6) is 0 Å². The van der Waals surface area contributed by atoms with E-state index in [4.69, 9.17) is 0 Å². The van der Waals surface area contributed by atoms with E-state index < -0.39 is 0 Å². The second kappa shape index (κ2) is 5.23. The highest BCUT2D eigenvalue weighted by molar-refractivity contribution is 6.26. The first-order chi connectivity index (χ1) is 12.7. The van der Waals surface area contributed by atoms with Gasteiger partial charge < -0.3 is 0 Å². The van der Waals surface area contributed by atoms with Crippen LogP contribution >= 0.6 is 0 Å². The lowest BCUT2D eigenvalue weighted by atomic mass is 10.0. The van der Waals surface area contributed by atoms with Crippen molar-refractivity contribution in [2.24, 2.45) is 0 Å². The summed E-state index contributed by atoms with van der Waals surface area (Å²) < 4.78 is 14.9. The predicted molar refractivity (Wildman–Crippen MR) is 98.4 cm³/mol. The van der Waals surface area contributed by atoms with Crippen molar-refractivity contribution in [1.82, 2.24) is 4.57 Å². The molecule has 0 atom stereocenters. The minimum atomic E-state index is -0.379. The van der Waals surface area contributed by atoms with Crippen LogP contribution in [-0.4, -0.2) is 10.4 Å². The van der Waals surface area contributed by atoms with Crippen LogP contribution in [-0.2, 0) is 0 Å². The zero-order valence-corrected chi connectivity index (χ0v) is 13.6. The van der Waals surface area contributed by atoms with E-state index in [0.717, 1.165) is 5.56 Å². The van der Waals surface area contributed by atoms with Gasteiger partial charge in [-0.1, -0.05) is 42.5 Å². The third-order valence-corrected chi connectivity index (χ3v) is 4.83. The van der Waals surface area contributed by atoms with Crippen molar-refractivity contribution in [3.05, 3.63) is 100 Å². The molecule has 1 aliphatic rings. The van der Waals surface area contributed by atoms with E-state index >= 15 is 0 Å². The number of aromatic nitrogens is 1. The van der Waals surface area contributed by atoms with Crippen LogP contribution in [0.15, 0.2) is 77.6 Å². The summed E-state index contributed by atoms with van der Waals surface area (Å²) >= 11 is 0. The van der Waals surface area contributed by atoms with Gasteiger partial charge in [0.15, 0.2) is 5.78 Å². The molecule has 1 heterocycles. The molecule has 1 aliphatic carbocycles. The first-order valence-electron chi connectivity index (χ1n) is 8.24. The Kier molecular flexibility index (Phi) is 2.97. The zero-order chi connectivity index (χ0) is 17.8. The van der Waals surface area contributed by atoms with Gasteiger partial charge in [-0.15, -0.1) is 0 Å². The van der Waals surface area contributed by atoms with Crippen molar-refractivity contribution in [2.75, 3.05) is 0 Å². The molecule has 3 nitrogen and oxygen atoms in total. The Balaban J connectivity index is 2.02. The van der Waals surface area contributed by atoms with Crippen molar-refractivity contribution in [3.63, 3.8) is 0 Å². The summed E-state index contributed by atoms with van der Waals surface area (Å²) in [6, 6.07) is 20.1. The molecule has 0 saturated carbocycles. The number of carbonyl (C=O) groups is 1. The molecule has 0 aliphatic heterocycles. The van der Waals surface area contributed by atoms with Crippen molar-refractivity contribution in [1.29, 1.82) is 0 Å². The van der Waals surface area contributed by atoms with Gasteiger partial charge >= 0.3 is 0 Å². The molecule has 3 aromatic carbocycles. The number of benzene rings is 3. The van der Waals surface area contributed by atoms with Crippen LogP contribution in [0.2, 0.25) is 0 Å². The van der Waals surface area contributed by atoms with Gasteiger partial charge in [-0.25, -0.2) is 4.39 Å². The van der Waals surface area contributed by atoms with Gasteiger partial charge in [0.1, 0.15) is 5.82 Å². The zero-order valence-electron chi connectivity index (χ0n) is 13.6. The summed E-state index contributed by atoms with van der Waals surface area (Å²) in [4.78, 5) is 26.3. The van der Waals surface area contributed by atoms with Crippen molar-refractivity contribution < 1.29 is 9.18 Å². The number of nitrogens with zero attached hydrogens (tertiary/aromatic N) is 1. The summed E-state index contributed by atoms with van der Waals surface area (Å²) in [6.45, 7) is 0. The van der Waals surface area contributed by atoms with Crippen LogP contribution in [0, 0.1) is 5.82 Å². The Morgan fingerprint density at radius 2 is 1.31 bits per heavy atom. The third-order valence-electron chi connectivity index (χ3n) is 4.83. The molecule has 0 fully saturated rings. The fourth-order valence-corrected chi connectivity index (χ4v) is 3.69. The Hall–Kier alpha value is -3.53. The van der Waals surface area contributed by atoms with E-state index in [9.17, 15) is 14.0 Å². The molecule has 0 spiro atoms. The van der Waals surface area contributed by atoms with Gasteiger partial charge in [0.2, 0.25) is 0 Å². The maximum absolute atomic E-state index is 13.4. The van der Waals surface area contributed by atoms with E-state index in [1.807, 2.05) is 24.3 Å². The Bertz CT molecular complexity index is 1270. The Morgan fingerprint density at radius 1 is 0.692 bits per heavy atom. The average molecular weight is 341 g/mol. The largest absolute Gasteiger partial charge is 0.288 e. The van der Waals surface area contributed by atoms with E-state index in [1.54, 1.807) is 36.4 Å². The van der Waals surface area contributed by atoms with E-state index in [1.165, 1.54) is 16.7 Å². The number of rotatable bonds is 1. The summed E-state index contributed by atoms with van der Waals surface area (Å²) in [6.07, 6.45) is 0. The van der Waals surface area contributed by atoms with Crippen LogP contribution in [0.1, 0.15) is 15.9 Å². The van der Waals surface area contributed by atoms with Crippen molar-refractivity contribution in [2.45, 2.75) is 0 Å². The molecule has 0 unspecified atom stereocenters. The topological polar surface area (TPSA) is 39.1 Å². The lowest BCUT2D eigenvalue weighted by molar-refractivity contribution is 0.104. The lowest BCUT2D eigenvalue weighted by Crippen LogP contribution is -2.21. The molecule has 0 amide bonds. The van der Waals surface area contributed by atoms with Crippen LogP contribution in [0.25, 0.3) is 27.7 Å². The maximum atomic E-state index is 13.4. The van der Waals surface area contributed by atoms with E-state index in [0.29, 0.717) is 33.3 Å². The van der Waals surface area contributed by atoms with Crippen LogP contribution < -0.4 is 5.56 Å². The molecule has 1 aromatic heterocycles. The number of halogens is 1. The molecular formula is C22H12FNO2. The number of ketones is 1. The Morgan fingerprint density at radius 3 is 2.04 bits per heavy atom. The second-order valence-electron chi connectivity index (χ2n) is 6.26. The van der Waals surface area contributed by atoms with Gasteiger partial charge in [0.25, 0.3) is 5.56 Å². The Labute approximate surface area is 148 Å². The van der Waals surface area contributed by atoms with Gasteiger partial charge in [-0.05, 0) is 30.3 Å². The highest BCUT2D eigenvalue weighted by atomic mass is 19.1. The summed E-state index contributed by atoms with van der Waals surface area (Å²) in [5.74, 6) is -0.474. The SMILES string of the molecule is O=C1c2ccccc2-c2c1c1ccccc1c(=O)n2-c1ccc(F)cc1. The third kappa shape index (κ3) is 1.87. The summed E-state index contributed by atoms with van der Waals surface area (Å²) in [7, 11) is 0. The number of carbonyl (C=O) groups excluding carboxylic acids is 1. The molecule has 0 radical (unpaired) electrons. The second-order valence-corrected chi connectivity index (χ2v) is 6.26. The number of hydrogen-bond acceptors (Lipinski definition) is 2. The van der Waals surface area contributed by atoms with Gasteiger partial charge in [-0.3, -0.25) is 14.2 Å². The lowest BCUT2D eigenvalue weighted by Gasteiger charge is -2.15. The first kappa shape index (κ1) is 14.8. The summed E-state index contributed by atoms with van der Waals surface area (Å²) in [5, 5.41) is 1.11. The van der Waals surface area contributed by atoms with Crippen molar-refractivity contribution >= 4 is 16.6 Å². The molecule has 26 heavy (non-hydrogen) atoms. The van der Waals surface area contributed by atoms with Gasteiger partial charge in [0, 0.05) is 27.6 Å². The summed E-state index contributed by atoms with van der Waals surface area (Å²) in [5.41, 5.74) is 2.69. The predicted octanol–water partition coefficient (Wildman–Crippen LogP) is 4.34. The smallest absolute Gasteiger partial charge is 0.263 e. The number of fused-ring (bicyclic) bond motifs is 5. The molecule has 0 bridgehead atoms. The molecule has 124 valence electrons. The maximum Gasteiger partial charge on any atom is 0.263 e. The van der Waals surface area contributed by atoms with E-state index in [-0.39, 0.29) is 17.2 Å². The quantitative estimate of drug-likeness (QED) is 0.455. The molecule has 0 N–H and O–H groups in total. The van der Waals surface area contributed by atoms with Gasteiger partial charge in [0.05, 0.1) is 11.3 Å². The monoisotopic (exact) mass is 341 g/mol. The van der Waals surface area contributed by atoms with Crippen LogP contribution in [0.3, 0.4) is 0 Å². The number of pyridine rings is 1. The average Bonchev–Trinajstić information content (AvgIpc) is 2.97. The van der Waals surface area contributed by atoms with E-state index in [2.05, 4.69) is 0 Å². The standard InChI is InChI=1S/C22H12FNO2/c23-13-9-11-14(12-10-13)24-20-16-6-2-3-7-17(16)21(25)19(20)15-5-1-4-8-18(15)22(24)26/h1-12H. The molecule has 4 heteroatoms. The molecule has 4 aromatic rings. The minimum absolute atomic E-state index is 0.0948.